The van der Waals surface area contributed by atoms with Crippen molar-refractivity contribution in [3.05, 3.63) is 46.2 Å². The van der Waals surface area contributed by atoms with Crippen LogP contribution in [-0.2, 0) is 9.84 Å². The molecule has 0 spiro atoms. The van der Waals surface area contributed by atoms with Crippen LogP contribution in [0.5, 0.6) is 0 Å². The zero-order valence-corrected chi connectivity index (χ0v) is 18.2. The first kappa shape index (κ1) is 20.2. The average Bonchev–Trinajstić information content (AvgIpc) is 3.20. The van der Waals surface area contributed by atoms with Crippen molar-refractivity contribution in [1.82, 2.24) is 14.7 Å². The minimum absolute atomic E-state index is 0.0458. The highest BCUT2D eigenvalue weighted by molar-refractivity contribution is 7.91. The molecule has 1 unspecified atom stereocenters. The molecule has 7 nitrogen and oxygen atoms in total. The Morgan fingerprint density at radius 3 is 2.45 bits per heavy atom. The number of carbonyl (C=O) groups excluding carboxylic acids is 1. The predicted molar refractivity (Wildman–Crippen MR) is 114 cm³/mol. The van der Waals surface area contributed by atoms with Gasteiger partial charge in [-0.15, -0.1) is 0 Å². The van der Waals surface area contributed by atoms with Crippen LogP contribution in [0.1, 0.15) is 34.2 Å². The Labute approximate surface area is 176 Å². The van der Waals surface area contributed by atoms with E-state index in [0.717, 1.165) is 17.1 Å². The molecule has 0 saturated carbocycles. The summed E-state index contributed by atoms with van der Waals surface area (Å²) in [5, 5.41) is 5.13. The second kappa shape index (κ2) is 7.65. The zero-order chi connectivity index (χ0) is 20.8. The first-order valence-electron chi connectivity index (χ1n) is 9.82. The fourth-order valence-electron chi connectivity index (χ4n) is 4.37. The van der Waals surface area contributed by atoms with Crippen LogP contribution in [0.15, 0.2) is 24.3 Å². The van der Waals surface area contributed by atoms with Gasteiger partial charge in [-0.1, -0.05) is 23.7 Å². The Morgan fingerprint density at radius 1 is 1.14 bits per heavy atom. The summed E-state index contributed by atoms with van der Waals surface area (Å²) in [5.74, 6) is 0.346. The van der Waals surface area contributed by atoms with E-state index in [9.17, 15) is 13.2 Å². The number of halogens is 1. The number of carbonyl (C=O) groups is 1. The molecule has 1 aromatic heterocycles. The van der Waals surface area contributed by atoms with Crippen molar-refractivity contribution in [2.75, 3.05) is 42.6 Å². The molecule has 0 radical (unpaired) electrons. The third-order valence-corrected chi connectivity index (χ3v) is 7.91. The lowest BCUT2D eigenvalue weighted by molar-refractivity contribution is 0.0747. The van der Waals surface area contributed by atoms with E-state index >= 15 is 0 Å². The maximum absolute atomic E-state index is 12.8. The number of hydrogen-bond acceptors (Lipinski definition) is 5. The fourth-order valence-corrected chi connectivity index (χ4v) is 6.28. The molecule has 0 aliphatic carbocycles. The maximum Gasteiger partial charge on any atom is 0.255 e. The van der Waals surface area contributed by atoms with Gasteiger partial charge in [0, 0.05) is 26.2 Å². The van der Waals surface area contributed by atoms with Crippen LogP contribution in [-0.4, -0.2) is 66.7 Å². The summed E-state index contributed by atoms with van der Waals surface area (Å²) >= 11 is 6.18. The summed E-state index contributed by atoms with van der Waals surface area (Å²) in [6.45, 7) is 6.57. The topological polar surface area (TPSA) is 75.5 Å². The zero-order valence-electron chi connectivity index (χ0n) is 16.6. The van der Waals surface area contributed by atoms with Crippen LogP contribution < -0.4 is 4.90 Å². The number of sulfone groups is 1. The summed E-state index contributed by atoms with van der Waals surface area (Å²) in [6, 6.07) is 7.03. The van der Waals surface area contributed by atoms with Gasteiger partial charge in [0.15, 0.2) is 9.84 Å². The van der Waals surface area contributed by atoms with Crippen molar-refractivity contribution in [1.29, 1.82) is 0 Å². The second-order valence-electron chi connectivity index (χ2n) is 7.78. The Bertz CT molecular complexity index is 1040. The number of rotatable bonds is 3. The van der Waals surface area contributed by atoms with Crippen LogP contribution in [0.4, 0.5) is 5.69 Å². The number of aromatic nitrogens is 2. The Hall–Kier alpha value is -2.06. The molecule has 0 bridgehead atoms. The molecule has 1 aromatic carbocycles. The van der Waals surface area contributed by atoms with E-state index in [4.69, 9.17) is 11.6 Å². The number of aryl methyl sites for hydroxylation is 1. The summed E-state index contributed by atoms with van der Waals surface area (Å²) in [5.41, 5.74) is 3.48. The molecule has 4 rings (SSSR count). The fraction of sp³-hybridized carbons (Fsp3) is 0.500. The van der Waals surface area contributed by atoms with Gasteiger partial charge in [0.25, 0.3) is 5.91 Å². The number of benzene rings is 1. The minimum Gasteiger partial charge on any atom is -0.365 e. The molecule has 1 amide bonds. The molecule has 156 valence electrons. The molecular weight excluding hydrogens is 412 g/mol. The van der Waals surface area contributed by atoms with E-state index in [0.29, 0.717) is 43.2 Å². The largest absolute Gasteiger partial charge is 0.365 e. The van der Waals surface area contributed by atoms with Gasteiger partial charge in [0.1, 0.15) is 0 Å². The highest BCUT2D eigenvalue weighted by Crippen LogP contribution is 2.32. The molecule has 2 aliphatic heterocycles. The van der Waals surface area contributed by atoms with Gasteiger partial charge in [-0.3, -0.25) is 9.48 Å². The van der Waals surface area contributed by atoms with Crippen LogP contribution >= 0.6 is 11.6 Å². The summed E-state index contributed by atoms with van der Waals surface area (Å²) in [6.07, 6.45) is 0.615. The van der Waals surface area contributed by atoms with E-state index in [-0.39, 0.29) is 23.5 Å². The third-order valence-electron chi connectivity index (χ3n) is 5.83. The Balaban J connectivity index is 1.48. The highest BCUT2D eigenvalue weighted by Gasteiger charge is 2.33. The lowest BCUT2D eigenvalue weighted by atomic mass is 10.1. The number of anilines is 1. The van der Waals surface area contributed by atoms with Crippen molar-refractivity contribution < 1.29 is 13.2 Å². The van der Waals surface area contributed by atoms with E-state index in [2.05, 4.69) is 10.00 Å². The molecule has 9 heteroatoms. The standard InChI is InChI=1S/C20H25ClN4O3S/c1-14-19(15(2)25(22-14)16-7-12-29(27,28)13-16)23-8-10-24(11-9-23)20(26)17-5-3-4-6-18(17)21/h3-6,16H,7-13H2,1-2H3. The molecule has 1 atom stereocenters. The van der Waals surface area contributed by atoms with Crippen molar-refractivity contribution in [2.45, 2.75) is 26.3 Å². The average molecular weight is 437 g/mol. The lowest BCUT2D eigenvalue weighted by Gasteiger charge is -2.36. The minimum atomic E-state index is -2.96. The number of piperazine rings is 1. The van der Waals surface area contributed by atoms with Gasteiger partial charge in [-0.05, 0) is 32.4 Å². The first-order valence-corrected chi connectivity index (χ1v) is 12.0. The SMILES string of the molecule is Cc1nn(C2CCS(=O)(=O)C2)c(C)c1N1CCN(C(=O)c2ccccc2Cl)CC1. The van der Waals surface area contributed by atoms with Crippen molar-refractivity contribution >= 4 is 33.0 Å². The summed E-state index contributed by atoms with van der Waals surface area (Å²) in [7, 11) is -2.96. The molecule has 3 heterocycles. The molecule has 2 saturated heterocycles. The Morgan fingerprint density at radius 2 is 1.83 bits per heavy atom. The first-order chi connectivity index (χ1) is 13.8. The van der Waals surface area contributed by atoms with Crippen LogP contribution in [0.25, 0.3) is 0 Å². The number of nitrogens with zero attached hydrogens (tertiary/aromatic N) is 4. The second-order valence-corrected chi connectivity index (χ2v) is 10.4. The van der Waals surface area contributed by atoms with Crippen molar-refractivity contribution in [2.24, 2.45) is 0 Å². The molecule has 2 aliphatic rings. The van der Waals surface area contributed by atoms with E-state index in [1.165, 1.54) is 0 Å². The monoisotopic (exact) mass is 436 g/mol. The van der Waals surface area contributed by atoms with Crippen LogP contribution in [0, 0.1) is 13.8 Å². The van der Waals surface area contributed by atoms with Gasteiger partial charge in [-0.25, -0.2) is 8.42 Å². The van der Waals surface area contributed by atoms with E-state index < -0.39 is 9.84 Å². The highest BCUT2D eigenvalue weighted by atomic mass is 35.5. The molecule has 2 aromatic rings. The lowest BCUT2D eigenvalue weighted by Crippen LogP contribution is -2.49. The van der Waals surface area contributed by atoms with E-state index in [1.807, 2.05) is 35.6 Å². The van der Waals surface area contributed by atoms with Crippen LogP contribution in [0.2, 0.25) is 5.02 Å². The van der Waals surface area contributed by atoms with Gasteiger partial charge in [-0.2, -0.15) is 5.10 Å². The smallest absolute Gasteiger partial charge is 0.255 e. The maximum atomic E-state index is 12.8. The van der Waals surface area contributed by atoms with Gasteiger partial charge >= 0.3 is 0 Å². The summed E-state index contributed by atoms with van der Waals surface area (Å²) < 4.78 is 25.6. The Kier molecular flexibility index (Phi) is 5.33. The van der Waals surface area contributed by atoms with Gasteiger partial charge in [0.2, 0.25) is 0 Å². The normalized spacial score (nSPS) is 21.6. The van der Waals surface area contributed by atoms with Crippen molar-refractivity contribution in [3.63, 3.8) is 0 Å². The third kappa shape index (κ3) is 3.88. The molecular formula is C20H25ClN4O3S. The van der Waals surface area contributed by atoms with Crippen LogP contribution in [0.3, 0.4) is 0 Å². The number of amides is 1. The molecule has 29 heavy (non-hydrogen) atoms. The van der Waals surface area contributed by atoms with Crippen molar-refractivity contribution in [3.8, 4) is 0 Å². The van der Waals surface area contributed by atoms with Gasteiger partial charge in [0.05, 0.1) is 45.2 Å². The quantitative estimate of drug-likeness (QED) is 0.738. The van der Waals surface area contributed by atoms with E-state index in [1.54, 1.807) is 12.1 Å². The molecule has 2 fully saturated rings. The molecule has 0 N–H and O–H groups in total. The number of hydrogen-bond donors (Lipinski definition) is 0. The predicted octanol–water partition coefficient (Wildman–Crippen LogP) is 2.48. The summed E-state index contributed by atoms with van der Waals surface area (Å²) in [4.78, 5) is 16.9. The van der Waals surface area contributed by atoms with Gasteiger partial charge < -0.3 is 9.80 Å².